The number of aryl methyl sites for hydroxylation is 1. The lowest BCUT2D eigenvalue weighted by molar-refractivity contribution is 0.876. The molecule has 2 rings (SSSR count). The van der Waals surface area contributed by atoms with Crippen molar-refractivity contribution >= 4 is 17.6 Å². The average molecular weight is 287 g/mol. The van der Waals surface area contributed by atoms with Gasteiger partial charge in [-0.05, 0) is 24.3 Å². The van der Waals surface area contributed by atoms with Crippen LogP contribution in [0.25, 0.3) is 11.4 Å². The van der Waals surface area contributed by atoms with Crippen LogP contribution in [0.5, 0.6) is 0 Å². The molecule has 0 amide bonds. The van der Waals surface area contributed by atoms with E-state index in [0.717, 1.165) is 41.5 Å². The van der Waals surface area contributed by atoms with Gasteiger partial charge >= 0.3 is 0 Å². The van der Waals surface area contributed by atoms with E-state index < -0.39 is 0 Å². The molecule has 0 saturated heterocycles. The van der Waals surface area contributed by atoms with Crippen LogP contribution in [0.15, 0.2) is 35.2 Å². The maximum atomic E-state index is 4.66. The van der Waals surface area contributed by atoms with Gasteiger partial charge in [0.15, 0.2) is 5.82 Å². The molecular formula is C16H21N3S. The predicted octanol–water partition coefficient (Wildman–Crippen LogP) is 4.25. The van der Waals surface area contributed by atoms with E-state index in [-0.39, 0.29) is 0 Å². The van der Waals surface area contributed by atoms with Crippen molar-refractivity contribution in [1.82, 2.24) is 9.97 Å². The first kappa shape index (κ1) is 14.9. The molecule has 4 heteroatoms. The zero-order valence-corrected chi connectivity index (χ0v) is 13.1. The Morgan fingerprint density at radius 1 is 1.10 bits per heavy atom. The molecule has 3 nitrogen and oxygen atoms in total. The summed E-state index contributed by atoms with van der Waals surface area (Å²) in [6.07, 6.45) is 2.07. The van der Waals surface area contributed by atoms with Crippen LogP contribution >= 0.6 is 11.8 Å². The van der Waals surface area contributed by atoms with Crippen LogP contribution in [0.2, 0.25) is 0 Å². The molecule has 106 valence electrons. The number of thioether (sulfide) groups is 1. The second kappa shape index (κ2) is 7.29. The van der Waals surface area contributed by atoms with Crippen LogP contribution in [-0.2, 0) is 6.42 Å². The molecule has 1 N–H and O–H groups in total. The van der Waals surface area contributed by atoms with Crippen molar-refractivity contribution < 1.29 is 0 Å². The van der Waals surface area contributed by atoms with Crippen LogP contribution in [0.1, 0.15) is 26.0 Å². The molecule has 20 heavy (non-hydrogen) atoms. The molecule has 0 unspecified atom stereocenters. The Morgan fingerprint density at radius 3 is 2.45 bits per heavy atom. The number of hydrogen-bond donors (Lipinski definition) is 1. The van der Waals surface area contributed by atoms with Crippen molar-refractivity contribution in [2.75, 3.05) is 18.1 Å². The van der Waals surface area contributed by atoms with Crippen LogP contribution < -0.4 is 5.32 Å². The lowest BCUT2D eigenvalue weighted by Crippen LogP contribution is -2.00. The predicted molar refractivity (Wildman–Crippen MR) is 87.4 cm³/mol. The summed E-state index contributed by atoms with van der Waals surface area (Å²) in [6.45, 7) is 4.33. The van der Waals surface area contributed by atoms with E-state index >= 15 is 0 Å². The van der Waals surface area contributed by atoms with Gasteiger partial charge in [0.1, 0.15) is 5.82 Å². The Kier molecular flexibility index (Phi) is 5.41. The minimum atomic E-state index is 0.799. The second-order valence-corrected chi connectivity index (χ2v) is 5.86. The molecule has 0 fully saturated rings. The monoisotopic (exact) mass is 287 g/mol. The fraction of sp³-hybridized carbons (Fsp3) is 0.375. The molecule has 0 aliphatic carbocycles. The quantitative estimate of drug-likeness (QED) is 0.806. The van der Waals surface area contributed by atoms with Gasteiger partial charge in [0.25, 0.3) is 0 Å². The topological polar surface area (TPSA) is 37.8 Å². The Bertz CT molecular complexity index is 552. The summed E-state index contributed by atoms with van der Waals surface area (Å²) in [6, 6.07) is 10.5. The third-order valence-electron chi connectivity index (χ3n) is 2.96. The molecular weight excluding hydrogens is 266 g/mol. The number of hydrogen-bond acceptors (Lipinski definition) is 4. The van der Waals surface area contributed by atoms with Crippen molar-refractivity contribution in [3.63, 3.8) is 0 Å². The van der Waals surface area contributed by atoms with Gasteiger partial charge in [-0.15, -0.1) is 11.8 Å². The first-order valence-corrected chi connectivity index (χ1v) is 8.04. The third kappa shape index (κ3) is 3.73. The van der Waals surface area contributed by atoms with Crippen molar-refractivity contribution in [2.24, 2.45) is 0 Å². The molecule has 1 aromatic heterocycles. The van der Waals surface area contributed by atoms with E-state index in [1.807, 2.05) is 24.9 Å². The molecule has 0 spiro atoms. The second-order valence-electron chi connectivity index (χ2n) is 4.53. The van der Waals surface area contributed by atoms with Crippen molar-refractivity contribution in [1.29, 1.82) is 0 Å². The Morgan fingerprint density at radius 2 is 1.85 bits per heavy atom. The fourth-order valence-corrected chi connectivity index (χ4v) is 2.67. The minimum absolute atomic E-state index is 0.799. The normalized spacial score (nSPS) is 10.6. The largest absolute Gasteiger partial charge is 0.373 e. The summed E-state index contributed by atoms with van der Waals surface area (Å²) in [4.78, 5) is 10.5. The highest BCUT2D eigenvalue weighted by Crippen LogP contribution is 2.23. The minimum Gasteiger partial charge on any atom is -0.373 e. The molecule has 0 aliphatic rings. The molecule has 1 aromatic carbocycles. The van der Waals surface area contributed by atoms with Crippen molar-refractivity contribution in [2.45, 2.75) is 31.6 Å². The first-order valence-electron chi connectivity index (χ1n) is 7.05. The van der Waals surface area contributed by atoms with Gasteiger partial charge in [0.2, 0.25) is 0 Å². The number of aromatic nitrogens is 2. The van der Waals surface area contributed by atoms with E-state index in [9.17, 15) is 0 Å². The zero-order valence-electron chi connectivity index (χ0n) is 12.3. The van der Waals surface area contributed by atoms with Crippen molar-refractivity contribution in [3.8, 4) is 11.4 Å². The van der Waals surface area contributed by atoms with E-state index in [4.69, 9.17) is 0 Å². The standard InChI is InChI=1S/C16H21N3S/c1-4-6-13-11-15(17-3)19-16(18-13)12-7-9-14(10-8-12)20-5-2/h7-11H,4-6H2,1-3H3,(H,17,18,19). The third-order valence-corrected chi connectivity index (χ3v) is 3.86. The van der Waals surface area contributed by atoms with E-state index in [1.54, 1.807) is 0 Å². The molecule has 0 radical (unpaired) electrons. The maximum absolute atomic E-state index is 4.66. The number of anilines is 1. The van der Waals surface area contributed by atoms with E-state index in [2.05, 4.69) is 53.4 Å². The SMILES string of the molecule is CCCc1cc(NC)nc(-c2ccc(SCC)cc2)n1. The van der Waals surface area contributed by atoms with Gasteiger partial charge in [-0.3, -0.25) is 0 Å². The Hall–Kier alpha value is -1.55. The smallest absolute Gasteiger partial charge is 0.161 e. The Labute approximate surface area is 125 Å². The fourth-order valence-electron chi connectivity index (χ4n) is 2.01. The average Bonchev–Trinajstić information content (AvgIpc) is 2.48. The van der Waals surface area contributed by atoms with Gasteiger partial charge in [0, 0.05) is 29.3 Å². The van der Waals surface area contributed by atoms with E-state index in [0.29, 0.717) is 0 Å². The molecule has 0 saturated carbocycles. The number of nitrogens with one attached hydrogen (secondary N) is 1. The summed E-state index contributed by atoms with van der Waals surface area (Å²) >= 11 is 1.84. The lowest BCUT2D eigenvalue weighted by atomic mass is 10.2. The van der Waals surface area contributed by atoms with Gasteiger partial charge in [-0.1, -0.05) is 32.4 Å². The zero-order chi connectivity index (χ0) is 14.4. The summed E-state index contributed by atoms with van der Waals surface area (Å²) in [5.74, 6) is 2.77. The molecule has 1 heterocycles. The van der Waals surface area contributed by atoms with E-state index in [1.165, 1.54) is 4.90 Å². The van der Waals surface area contributed by atoms with Gasteiger partial charge in [0.05, 0.1) is 0 Å². The van der Waals surface area contributed by atoms with Crippen LogP contribution in [-0.4, -0.2) is 22.8 Å². The molecule has 0 atom stereocenters. The summed E-state index contributed by atoms with van der Waals surface area (Å²) in [7, 11) is 1.89. The summed E-state index contributed by atoms with van der Waals surface area (Å²) < 4.78 is 0. The highest BCUT2D eigenvalue weighted by molar-refractivity contribution is 7.99. The summed E-state index contributed by atoms with van der Waals surface area (Å²) in [5, 5.41) is 3.11. The number of nitrogens with zero attached hydrogens (tertiary/aromatic N) is 2. The van der Waals surface area contributed by atoms with Crippen LogP contribution in [0.4, 0.5) is 5.82 Å². The highest BCUT2D eigenvalue weighted by atomic mass is 32.2. The number of rotatable bonds is 6. The van der Waals surface area contributed by atoms with Gasteiger partial charge in [-0.2, -0.15) is 0 Å². The lowest BCUT2D eigenvalue weighted by Gasteiger charge is -2.08. The highest BCUT2D eigenvalue weighted by Gasteiger charge is 2.06. The number of benzene rings is 1. The van der Waals surface area contributed by atoms with Crippen LogP contribution in [0, 0.1) is 0 Å². The first-order chi connectivity index (χ1) is 9.76. The summed E-state index contributed by atoms with van der Waals surface area (Å²) in [5.41, 5.74) is 2.16. The van der Waals surface area contributed by atoms with Crippen molar-refractivity contribution in [3.05, 3.63) is 36.0 Å². The Balaban J connectivity index is 2.32. The molecule has 0 bridgehead atoms. The molecule has 0 aliphatic heterocycles. The van der Waals surface area contributed by atoms with Crippen LogP contribution in [0.3, 0.4) is 0 Å². The molecule has 2 aromatic rings. The maximum Gasteiger partial charge on any atom is 0.161 e. The van der Waals surface area contributed by atoms with Gasteiger partial charge in [-0.25, -0.2) is 9.97 Å². The van der Waals surface area contributed by atoms with Gasteiger partial charge < -0.3 is 5.32 Å².